The lowest BCUT2D eigenvalue weighted by molar-refractivity contribution is 0.208. The summed E-state index contributed by atoms with van der Waals surface area (Å²) in [4.78, 5) is 8.76. The average molecular weight is 359 g/mol. The van der Waals surface area contributed by atoms with Gasteiger partial charge in [0.1, 0.15) is 0 Å². The van der Waals surface area contributed by atoms with Gasteiger partial charge in [-0.2, -0.15) is 9.97 Å². The fourth-order valence-electron chi connectivity index (χ4n) is 2.41. The second-order valence-corrected chi connectivity index (χ2v) is 5.83. The summed E-state index contributed by atoms with van der Waals surface area (Å²) in [7, 11) is 3.23. The second kappa shape index (κ2) is 7.40. The number of aryl methyl sites for hydroxylation is 1. The smallest absolute Gasteiger partial charge is 0.226 e. The number of aliphatic hydroxyl groups is 1. The third-order valence-corrected chi connectivity index (χ3v) is 3.76. The fourth-order valence-corrected chi connectivity index (χ4v) is 2.41. The zero-order valence-electron chi connectivity index (χ0n) is 14.8. The zero-order valence-corrected chi connectivity index (χ0v) is 14.8. The lowest BCUT2D eigenvalue weighted by Gasteiger charge is -2.12. The number of rotatable bonds is 7. The van der Waals surface area contributed by atoms with E-state index in [1.165, 1.54) is 7.11 Å². The van der Waals surface area contributed by atoms with E-state index >= 15 is 0 Å². The molecule has 1 unspecified atom stereocenters. The molecule has 10 heteroatoms. The van der Waals surface area contributed by atoms with Gasteiger partial charge in [-0.05, 0) is 13.0 Å². The molecular weight excluding hydrogens is 338 g/mol. The van der Waals surface area contributed by atoms with Crippen LogP contribution in [0, 0.1) is 0 Å². The van der Waals surface area contributed by atoms with Gasteiger partial charge in [-0.1, -0.05) is 17.3 Å². The van der Waals surface area contributed by atoms with Crippen LogP contribution >= 0.6 is 0 Å². The maximum atomic E-state index is 10.2. The highest BCUT2D eigenvalue weighted by molar-refractivity contribution is 5.83. The van der Waals surface area contributed by atoms with Crippen LogP contribution in [-0.2, 0) is 13.6 Å². The van der Waals surface area contributed by atoms with Crippen molar-refractivity contribution in [3.8, 4) is 11.5 Å². The molecule has 0 fully saturated rings. The molecule has 2 aromatic heterocycles. The van der Waals surface area contributed by atoms with Crippen molar-refractivity contribution in [1.82, 2.24) is 25.0 Å². The molecule has 1 atom stereocenters. The first-order valence-corrected chi connectivity index (χ1v) is 8.07. The van der Waals surface area contributed by atoms with Gasteiger partial charge in [-0.15, -0.1) is 5.10 Å². The number of benzene rings is 1. The predicted molar refractivity (Wildman–Crippen MR) is 96.3 cm³/mol. The molecule has 0 aliphatic heterocycles. The van der Waals surface area contributed by atoms with Crippen molar-refractivity contribution in [3.05, 3.63) is 23.8 Å². The van der Waals surface area contributed by atoms with Gasteiger partial charge >= 0.3 is 0 Å². The van der Waals surface area contributed by atoms with Gasteiger partial charge in [-0.25, -0.2) is 4.68 Å². The van der Waals surface area contributed by atoms with Crippen LogP contribution in [0.25, 0.3) is 11.2 Å². The molecule has 1 aromatic carbocycles. The molecule has 0 radical (unpaired) electrons. The van der Waals surface area contributed by atoms with Gasteiger partial charge in [-0.3, -0.25) is 0 Å². The van der Waals surface area contributed by atoms with E-state index in [-0.39, 0.29) is 5.75 Å². The predicted octanol–water partition coefficient (Wildman–Crippen LogP) is 0.877. The summed E-state index contributed by atoms with van der Waals surface area (Å²) in [6.45, 7) is 2.29. The van der Waals surface area contributed by atoms with Crippen molar-refractivity contribution < 1.29 is 14.9 Å². The standard InChI is InChI=1S/C16H21N7O3/c1-9(24)7-18-16-19-14(12-15(20-16)23(2)22-21-12)17-8-10-5-4-6-11(26-3)13(10)25/h4-6,9,24-25H,7-8H2,1-3H3,(H2,17,18,19,20). The molecule has 0 aliphatic carbocycles. The van der Waals surface area contributed by atoms with E-state index in [1.54, 1.807) is 36.9 Å². The number of nitrogens with one attached hydrogen (secondary N) is 2. The van der Waals surface area contributed by atoms with E-state index in [2.05, 4.69) is 30.9 Å². The minimum absolute atomic E-state index is 0.0689. The van der Waals surface area contributed by atoms with Crippen LogP contribution in [0.5, 0.6) is 11.5 Å². The van der Waals surface area contributed by atoms with E-state index in [4.69, 9.17) is 4.74 Å². The first kappa shape index (κ1) is 17.7. The topological polar surface area (TPSA) is 130 Å². The largest absolute Gasteiger partial charge is 0.504 e. The average Bonchev–Trinajstić information content (AvgIpc) is 3.00. The maximum absolute atomic E-state index is 10.2. The number of methoxy groups -OCH3 is 1. The highest BCUT2D eigenvalue weighted by Crippen LogP contribution is 2.30. The number of fused-ring (bicyclic) bond motifs is 1. The summed E-state index contributed by atoms with van der Waals surface area (Å²) in [6, 6.07) is 5.26. The van der Waals surface area contributed by atoms with Crippen molar-refractivity contribution in [2.45, 2.75) is 19.6 Å². The lowest BCUT2D eigenvalue weighted by atomic mass is 10.2. The Balaban J connectivity index is 1.89. The van der Waals surface area contributed by atoms with Crippen LogP contribution in [0.15, 0.2) is 18.2 Å². The van der Waals surface area contributed by atoms with Crippen molar-refractivity contribution in [3.63, 3.8) is 0 Å². The van der Waals surface area contributed by atoms with Crippen molar-refractivity contribution in [2.24, 2.45) is 7.05 Å². The summed E-state index contributed by atoms with van der Waals surface area (Å²) in [5, 5.41) is 33.8. The summed E-state index contributed by atoms with van der Waals surface area (Å²) >= 11 is 0. The van der Waals surface area contributed by atoms with Crippen LogP contribution in [0.3, 0.4) is 0 Å². The quantitative estimate of drug-likeness (QED) is 0.485. The number of hydrogen-bond donors (Lipinski definition) is 4. The number of anilines is 2. The Morgan fingerprint density at radius 1 is 1.27 bits per heavy atom. The molecule has 26 heavy (non-hydrogen) atoms. The molecule has 0 aliphatic rings. The van der Waals surface area contributed by atoms with Crippen LogP contribution in [0.4, 0.5) is 11.8 Å². The molecule has 0 saturated carbocycles. The number of phenolic OH excluding ortho intramolecular Hbond substituents is 1. The maximum Gasteiger partial charge on any atom is 0.226 e. The highest BCUT2D eigenvalue weighted by Gasteiger charge is 2.15. The van der Waals surface area contributed by atoms with Gasteiger partial charge in [0, 0.05) is 25.7 Å². The number of nitrogens with zero attached hydrogens (tertiary/aromatic N) is 5. The SMILES string of the molecule is COc1cccc(CNc2nc(NCC(C)O)nc3c2nnn3C)c1O. The third kappa shape index (κ3) is 3.59. The Bertz CT molecular complexity index is 910. The number of aliphatic hydroxyl groups excluding tert-OH is 1. The number of aromatic nitrogens is 5. The molecular formula is C16H21N7O3. The third-order valence-electron chi connectivity index (χ3n) is 3.76. The van der Waals surface area contributed by atoms with E-state index in [9.17, 15) is 10.2 Å². The van der Waals surface area contributed by atoms with E-state index in [1.807, 2.05) is 0 Å². The zero-order chi connectivity index (χ0) is 18.7. The van der Waals surface area contributed by atoms with Crippen LogP contribution in [0.1, 0.15) is 12.5 Å². The van der Waals surface area contributed by atoms with Gasteiger partial charge in [0.2, 0.25) is 5.95 Å². The van der Waals surface area contributed by atoms with Gasteiger partial charge in [0.05, 0.1) is 13.2 Å². The molecule has 3 aromatic rings. The monoisotopic (exact) mass is 359 g/mol. The molecule has 0 amide bonds. The number of para-hydroxylation sites is 1. The fraction of sp³-hybridized carbons (Fsp3) is 0.375. The Morgan fingerprint density at radius 2 is 2.08 bits per heavy atom. The van der Waals surface area contributed by atoms with Crippen molar-refractivity contribution in [2.75, 3.05) is 24.3 Å². The van der Waals surface area contributed by atoms with Crippen LogP contribution in [0.2, 0.25) is 0 Å². The first-order chi connectivity index (χ1) is 12.5. The minimum atomic E-state index is -0.538. The number of phenols is 1. The van der Waals surface area contributed by atoms with E-state index < -0.39 is 6.10 Å². The summed E-state index contributed by atoms with van der Waals surface area (Å²) in [5.74, 6) is 1.29. The minimum Gasteiger partial charge on any atom is -0.504 e. The van der Waals surface area contributed by atoms with E-state index in [0.717, 1.165) is 0 Å². The highest BCUT2D eigenvalue weighted by atomic mass is 16.5. The molecule has 138 valence electrons. The normalized spacial score (nSPS) is 12.2. The molecule has 10 nitrogen and oxygen atoms in total. The van der Waals surface area contributed by atoms with Gasteiger partial charge in [0.15, 0.2) is 28.5 Å². The summed E-state index contributed by atoms with van der Waals surface area (Å²) in [5.41, 5.74) is 1.71. The Hall–Kier alpha value is -3.14. The second-order valence-electron chi connectivity index (χ2n) is 5.83. The van der Waals surface area contributed by atoms with E-state index in [0.29, 0.717) is 47.3 Å². The molecule has 2 heterocycles. The molecule has 0 saturated heterocycles. The van der Waals surface area contributed by atoms with Crippen molar-refractivity contribution >= 4 is 22.9 Å². The Kier molecular flexibility index (Phi) is 5.03. The van der Waals surface area contributed by atoms with Crippen molar-refractivity contribution in [1.29, 1.82) is 0 Å². The first-order valence-electron chi connectivity index (χ1n) is 8.07. The number of aromatic hydroxyl groups is 1. The summed E-state index contributed by atoms with van der Waals surface area (Å²) < 4.78 is 6.66. The molecule has 0 bridgehead atoms. The van der Waals surface area contributed by atoms with Crippen LogP contribution < -0.4 is 15.4 Å². The lowest BCUT2D eigenvalue weighted by Crippen LogP contribution is -2.17. The molecule has 3 rings (SSSR count). The Labute approximate surface area is 149 Å². The van der Waals surface area contributed by atoms with Crippen LogP contribution in [-0.4, -0.2) is 54.9 Å². The molecule has 4 N–H and O–H groups in total. The number of hydrogen-bond acceptors (Lipinski definition) is 9. The van der Waals surface area contributed by atoms with Gasteiger partial charge < -0.3 is 25.6 Å². The summed E-state index contributed by atoms with van der Waals surface area (Å²) in [6.07, 6.45) is -0.538. The Morgan fingerprint density at radius 3 is 2.81 bits per heavy atom. The molecule has 0 spiro atoms. The van der Waals surface area contributed by atoms with Gasteiger partial charge in [0.25, 0.3) is 0 Å². The number of ether oxygens (including phenoxy) is 1.